The van der Waals surface area contributed by atoms with Gasteiger partial charge in [0.1, 0.15) is 0 Å². The Hall–Kier alpha value is -3.35. The lowest BCUT2D eigenvalue weighted by molar-refractivity contribution is -0.138. The quantitative estimate of drug-likeness (QED) is 0.301. The van der Waals surface area contributed by atoms with Gasteiger partial charge in [0.15, 0.2) is 0 Å². The summed E-state index contributed by atoms with van der Waals surface area (Å²) >= 11 is 6.47. The van der Waals surface area contributed by atoms with E-state index in [4.69, 9.17) is 17.3 Å². The van der Waals surface area contributed by atoms with Crippen LogP contribution in [0.4, 0.5) is 13.2 Å². The number of aromatic nitrogens is 1. The van der Waals surface area contributed by atoms with Crippen LogP contribution in [0.15, 0.2) is 83.7 Å². The molecule has 0 fully saturated rings. The molecule has 0 saturated heterocycles. The number of nitrogens with two attached hydrogens (primary N) is 1. The first kappa shape index (κ1) is 25.7. The van der Waals surface area contributed by atoms with Gasteiger partial charge in [0.25, 0.3) is 5.56 Å². The summed E-state index contributed by atoms with van der Waals surface area (Å²) in [5.41, 5.74) is 9.22. The number of nitrogens with zero attached hydrogens (tertiary/aromatic N) is 1. The molecule has 0 radical (unpaired) electrons. The Balaban J connectivity index is 1.93. The maximum absolute atomic E-state index is 13.8. The van der Waals surface area contributed by atoms with Gasteiger partial charge >= 0.3 is 6.18 Å². The van der Waals surface area contributed by atoms with Crippen molar-refractivity contribution in [2.24, 2.45) is 5.73 Å². The average molecular weight is 511 g/mol. The first-order chi connectivity index (χ1) is 17.1. The number of pyridine rings is 1. The van der Waals surface area contributed by atoms with E-state index in [1.54, 1.807) is 48.7 Å². The van der Waals surface area contributed by atoms with Crippen molar-refractivity contribution >= 4 is 11.6 Å². The molecule has 4 aromatic rings. The van der Waals surface area contributed by atoms with Crippen molar-refractivity contribution in [2.75, 3.05) is 0 Å². The zero-order chi connectivity index (χ0) is 26.0. The maximum atomic E-state index is 13.8. The lowest BCUT2D eigenvalue weighted by Crippen LogP contribution is -2.31. The van der Waals surface area contributed by atoms with Crippen molar-refractivity contribution in [1.82, 2.24) is 4.57 Å². The summed E-state index contributed by atoms with van der Waals surface area (Å²) in [6, 6.07) is 21.4. The van der Waals surface area contributed by atoms with E-state index in [-0.39, 0.29) is 24.1 Å². The largest absolute Gasteiger partial charge is 0.416 e. The summed E-state index contributed by atoms with van der Waals surface area (Å²) in [7, 11) is 0. The molecule has 2 N–H and O–H groups in total. The second-order valence-corrected chi connectivity index (χ2v) is 9.22. The molecule has 0 aliphatic carbocycles. The zero-order valence-corrected chi connectivity index (χ0v) is 20.7. The predicted molar refractivity (Wildman–Crippen MR) is 138 cm³/mol. The number of benzene rings is 3. The monoisotopic (exact) mass is 510 g/mol. The van der Waals surface area contributed by atoms with Gasteiger partial charge in [0.05, 0.1) is 11.1 Å². The first-order valence-electron chi connectivity index (χ1n) is 11.5. The molecule has 0 amide bonds. The van der Waals surface area contributed by atoms with Gasteiger partial charge in [-0.1, -0.05) is 78.3 Å². The van der Waals surface area contributed by atoms with Gasteiger partial charge in [-0.3, -0.25) is 4.79 Å². The van der Waals surface area contributed by atoms with Gasteiger partial charge < -0.3 is 10.3 Å². The summed E-state index contributed by atoms with van der Waals surface area (Å²) in [6.07, 6.45) is -4.49. The Labute approximate surface area is 213 Å². The third kappa shape index (κ3) is 5.11. The molecule has 0 spiro atoms. The molecule has 186 valence electrons. The van der Waals surface area contributed by atoms with E-state index in [2.05, 4.69) is 0 Å². The number of rotatable bonds is 6. The summed E-state index contributed by atoms with van der Waals surface area (Å²) in [6.45, 7) is 3.69. The van der Waals surface area contributed by atoms with Crippen LogP contribution in [-0.2, 0) is 19.1 Å². The second-order valence-electron chi connectivity index (χ2n) is 8.81. The number of alkyl halides is 3. The Bertz CT molecular complexity index is 1450. The standard InChI is InChI=1S/C29H26ClF3N2O/c1-18-23(16-21-12-6-8-14-24(21)29(31,32)33)19(2)35(17-26(34)20-10-4-3-5-11-20)28(36)27(18)22-13-7-9-15-25(22)30/h3-15,26H,16-17,34H2,1-2H3. The topological polar surface area (TPSA) is 48.0 Å². The Morgan fingerprint density at radius 3 is 2.19 bits per heavy atom. The summed E-state index contributed by atoms with van der Waals surface area (Å²) in [5.74, 6) is 0. The minimum absolute atomic E-state index is 0.00561. The first-order valence-corrected chi connectivity index (χ1v) is 11.9. The van der Waals surface area contributed by atoms with Gasteiger partial charge in [0, 0.05) is 35.3 Å². The highest BCUT2D eigenvalue weighted by Crippen LogP contribution is 2.35. The average Bonchev–Trinajstić information content (AvgIpc) is 2.85. The lowest BCUT2D eigenvalue weighted by Gasteiger charge is -2.24. The summed E-state index contributed by atoms with van der Waals surface area (Å²) in [5, 5.41) is 0.391. The van der Waals surface area contributed by atoms with Gasteiger partial charge in [-0.2, -0.15) is 13.2 Å². The van der Waals surface area contributed by atoms with Gasteiger partial charge in [-0.25, -0.2) is 0 Å². The van der Waals surface area contributed by atoms with E-state index in [1.165, 1.54) is 12.1 Å². The van der Waals surface area contributed by atoms with Gasteiger partial charge in [-0.15, -0.1) is 0 Å². The molecular weight excluding hydrogens is 485 g/mol. The Kier molecular flexibility index (Phi) is 7.38. The molecule has 1 aromatic heterocycles. The van der Waals surface area contributed by atoms with E-state index in [0.29, 0.717) is 33.0 Å². The summed E-state index contributed by atoms with van der Waals surface area (Å²) < 4.78 is 42.9. The molecule has 1 unspecified atom stereocenters. The summed E-state index contributed by atoms with van der Waals surface area (Å²) in [4.78, 5) is 13.8. The molecular formula is C29H26ClF3N2O. The molecule has 1 heterocycles. The van der Waals surface area contributed by atoms with Crippen LogP contribution in [0, 0.1) is 13.8 Å². The molecule has 0 aliphatic heterocycles. The highest BCUT2D eigenvalue weighted by Gasteiger charge is 2.33. The van der Waals surface area contributed by atoms with Crippen LogP contribution in [0.25, 0.3) is 11.1 Å². The fourth-order valence-electron chi connectivity index (χ4n) is 4.64. The van der Waals surface area contributed by atoms with Crippen LogP contribution in [0.1, 0.15) is 39.6 Å². The molecule has 4 rings (SSSR count). The van der Waals surface area contributed by atoms with Gasteiger partial charge in [0.2, 0.25) is 0 Å². The van der Waals surface area contributed by atoms with E-state index < -0.39 is 17.8 Å². The van der Waals surface area contributed by atoms with Crippen molar-refractivity contribution < 1.29 is 13.2 Å². The van der Waals surface area contributed by atoms with Crippen molar-refractivity contribution in [1.29, 1.82) is 0 Å². The van der Waals surface area contributed by atoms with E-state index in [1.807, 2.05) is 30.3 Å². The van der Waals surface area contributed by atoms with Crippen LogP contribution < -0.4 is 11.3 Å². The molecule has 7 heteroatoms. The maximum Gasteiger partial charge on any atom is 0.416 e. The minimum atomic E-state index is -4.49. The number of hydrogen-bond donors (Lipinski definition) is 1. The Morgan fingerprint density at radius 1 is 0.917 bits per heavy atom. The van der Waals surface area contributed by atoms with Crippen LogP contribution in [-0.4, -0.2) is 4.57 Å². The molecule has 0 bridgehead atoms. The number of hydrogen-bond acceptors (Lipinski definition) is 2. The van der Waals surface area contributed by atoms with E-state index in [0.717, 1.165) is 11.6 Å². The molecule has 0 saturated carbocycles. The van der Waals surface area contributed by atoms with E-state index in [9.17, 15) is 18.0 Å². The second kappa shape index (κ2) is 10.3. The van der Waals surface area contributed by atoms with Crippen LogP contribution in [0.5, 0.6) is 0 Å². The molecule has 0 aliphatic rings. The molecule has 36 heavy (non-hydrogen) atoms. The van der Waals surface area contributed by atoms with Gasteiger partial charge in [-0.05, 0) is 48.2 Å². The van der Waals surface area contributed by atoms with Crippen LogP contribution >= 0.6 is 11.6 Å². The zero-order valence-electron chi connectivity index (χ0n) is 19.9. The SMILES string of the molecule is Cc1c(Cc2ccccc2C(F)(F)F)c(C)n(CC(N)c2ccccc2)c(=O)c1-c1ccccc1Cl. The third-order valence-electron chi connectivity index (χ3n) is 6.57. The van der Waals surface area contributed by atoms with E-state index >= 15 is 0 Å². The lowest BCUT2D eigenvalue weighted by atomic mass is 9.91. The van der Waals surface area contributed by atoms with Crippen molar-refractivity contribution in [3.8, 4) is 11.1 Å². The van der Waals surface area contributed by atoms with Crippen molar-refractivity contribution in [2.45, 2.75) is 39.0 Å². The highest BCUT2D eigenvalue weighted by atomic mass is 35.5. The predicted octanol–water partition coefficient (Wildman–Crippen LogP) is 7.10. The minimum Gasteiger partial charge on any atom is -0.322 e. The molecule has 3 aromatic carbocycles. The normalized spacial score (nSPS) is 12.5. The number of halogens is 4. The molecule has 3 nitrogen and oxygen atoms in total. The van der Waals surface area contributed by atoms with Crippen molar-refractivity contribution in [3.05, 3.63) is 128 Å². The van der Waals surface area contributed by atoms with Crippen LogP contribution in [0.2, 0.25) is 5.02 Å². The van der Waals surface area contributed by atoms with Crippen LogP contribution in [0.3, 0.4) is 0 Å². The molecule has 1 atom stereocenters. The third-order valence-corrected chi connectivity index (χ3v) is 6.90. The highest BCUT2D eigenvalue weighted by molar-refractivity contribution is 6.33. The van der Waals surface area contributed by atoms with Crippen molar-refractivity contribution in [3.63, 3.8) is 0 Å². The smallest absolute Gasteiger partial charge is 0.322 e. The Morgan fingerprint density at radius 2 is 1.53 bits per heavy atom. The fourth-order valence-corrected chi connectivity index (χ4v) is 4.87. The fraction of sp³-hybridized carbons (Fsp3) is 0.207.